The minimum Gasteiger partial charge on any atom is -0.780 e. The van der Waals surface area contributed by atoms with Gasteiger partial charge in [-0.3, -0.25) is 42.2 Å². The van der Waals surface area contributed by atoms with Crippen LogP contribution in [0.4, 0.5) is 29.2 Å². The molecule has 24 bridgehead atoms. The third-order valence-electron chi connectivity index (χ3n) is 20.9. The van der Waals surface area contributed by atoms with E-state index in [-0.39, 0.29) is 96.5 Å². The van der Waals surface area contributed by atoms with Gasteiger partial charge in [-0.15, -0.1) is 0 Å². The number of rotatable bonds is 6. The Morgan fingerprint density at radius 1 is 0.581 bits per heavy atom. The number of aliphatic hydroxyl groups excluding tert-OH is 2. The number of aliphatic hydroxyl groups is 2. The molecule has 2 aromatic carbocycles. The molecule has 628 valence electrons. The Morgan fingerprint density at radius 3 is 1.45 bits per heavy atom. The SMILES string of the molecule is CC.CC[C@H]1OC2[C@H](F)[C@@H]1OP([O-])(=S)OC[C@H]1OC([C@H](F)[C@@H]1O[Si](C)(C)C(C)(C)C)n1cnc3c(ncnc31)N(C(=O)c1ccccc1)C/C=C/CCc1ncnc3c1ncn32.O=C(c1ccccc1)N1C/C=C/CCc2ncnc3c2ncn3C2O[C@H](CO)[C@@H](OP(=O)([S-])OC[C@H]3OC([C@H](F)[C@@H]3O)n3cnc4c1ncnc43)[C@H]2F.S.S. The van der Waals surface area contributed by atoms with Crippen molar-refractivity contribution in [3.05, 3.63) is 158 Å². The summed E-state index contributed by atoms with van der Waals surface area (Å²) in [6.07, 6.45) is -3.88. The van der Waals surface area contributed by atoms with Crippen LogP contribution in [-0.4, -0.2) is 215 Å². The molecule has 8 aromatic heterocycles. The number of benzene rings is 2. The van der Waals surface area contributed by atoms with Crippen molar-refractivity contribution in [3.63, 3.8) is 0 Å². The molecule has 6 aliphatic heterocycles. The monoisotopic (exact) mass is 1750 g/mol. The first-order valence-electron chi connectivity index (χ1n) is 37.4. The summed E-state index contributed by atoms with van der Waals surface area (Å²) in [5, 5.41) is 20.5. The number of nitrogens with zero attached hydrogens (tertiary/aromatic N) is 18. The zero-order valence-electron chi connectivity index (χ0n) is 64.5. The van der Waals surface area contributed by atoms with Gasteiger partial charge in [0.05, 0.1) is 62.6 Å². The van der Waals surface area contributed by atoms with Gasteiger partial charge in [-0.2, -0.15) is 27.0 Å². The van der Waals surface area contributed by atoms with Gasteiger partial charge in [0.2, 0.25) is 0 Å². The van der Waals surface area contributed by atoms with Gasteiger partial charge in [0.15, 0.2) is 110 Å². The van der Waals surface area contributed by atoms with Crippen molar-refractivity contribution in [2.45, 2.75) is 190 Å². The van der Waals surface area contributed by atoms with E-state index in [0.29, 0.717) is 71.3 Å². The summed E-state index contributed by atoms with van der Waals surface area (Å²) in [7, 11) is -2.67. The van der Waals surface area contributed by atoms with Crippen LogP contribution in [0.15, 0.2) is 136 Å². The molecule has 44 heteroatoms. The van der Waals surface area contributed by atoms with E-state index < -0.39 is 140 Å². The average molecular weight is 1750 g/mol. The predicted octanol–water partition coefficient (Wildman–Crippen LogP) is 10.0. The molecule has 0 radical (unpaired) electrons. The molecule has 4 fully saturated rings. The van der Waals surface area contributed by atoms with Gasteiger partial charge >= 0.3 is 0 Å². The summed E-state index contributed by atoms with van der Waals surface area (Å²) < 4.78 is 137. The number of imidazole rings is 4. The fourth-order valence-electron chi connectivity index (χ4n) is 14.1. The summed E-state index contributed by atoms with van der Waals surface area (Å²) in [5.74, 6) is -0.381. The van der Waals surface area contributed by atoms with Crippen LogP contribution < -0.4 is 14.7 Å². The van der Waals surface area contributed by atoms with E-state index in [0.717, 1.165) is 0 Å². The molecular formula is C73H88F4N18O15P2S4Si-2. The van der Waals surface area contributed by atoms with E-state index in [2.05, 4.69) is 59.8 Å². The summed E-state index contributed by atoms with van der Waals surface area (Å²) >= 11 is 10.4. The lowest BCUT2D eigenvalue weighted by Gasteiger charge is -2.40. The Bertz CT molecular complexity index is 5310. The first-order chi connectivity index (χ1) is 55.2. The lowest BCUT2D eigenvalue weighted by Crippen LogP contribution is -2.49. The Labute approximate surface area is 694 Å². The van der Waals surface area contributed by atoms with Gasteiger partial charge in [-0.05, 0) is 74.5 Å². The van der Waals surface area contributed by atoms with E-state index in [4.69, 9.17) is 65.5 Å². The van der Waals surface area contributed by atoms with E-state index in [1.165, 1.54) is 78.7 Å². The highest BCUT2D eigenvalue weighted by atomic mass is 32.7. The molecule has 33 nitrogen and oxygen atoms in total. The second kappa shape index (κ2) is 37.2. The van der Waals surface area contributed by atoms with Gasteiger partial charge in [-0.1, -0.05) is 114 Å². The Kier molecular flexibility index (Phi) is 28.2. The lowest BCUT2D eigenvalue weighted by molar-refractivity contribution is -0.216. The molecule has 0 saturated carbocycles. The molecule has 117 heavy (non-hydrogen) atoms. The number of allylic oxidation sites excluding steroid dienone is 2. The Morgan fingerprint density at radius 2 is 0.991 bits per heavy atom. The highest BCUT2D eigenvalue weighted by Gasteiger charge is 2.55. The van der Waals surface area contributed by atoms with Crippen molar-refractivity contribution in [3.8, 4) is 0 Å². The Hall–Kier alpha value is -7.55. The largest absolute Gasteiger partial charge is 0.780 e. The highest BCUT2D eigenvalue weighted by Crippen LogP contribution is 2.53. The van der Waals surface area contributed by atoms with Crippen molar-refractivity contribution in [1.29, 1.82) is 0 Å². The smallest absolute Gasteiger partial charge is 0.259 e. The lowest BCUT2D eigenvalue weighted by atomic mass is 10.1. The summed E-state index contributed by atoms with van der Waals surface area (Å²) in [4.78, 5) is 97.9. The molecule has 10 aromatic rings. The fraction of sp³-hybridized carbons (Fsp3) is 0.479. The van der Waals surface area contributed by atoms with Crippen LogP contribution in [0.2, 0.25) is 18.1 Å². The van der Waals surface area contributed by atoms with Crippen molar-refractivity contribution < 1.29 is 88.3 Å². The topological polar surface area (TPSA) is 379 Å². The number of fused-ring (bicyclic) bond motifs is 12. The first kappa shape index (κ1) is 88.7. The molecule has 0 spiro atoms. The number of hydrogen-bond donors (Lipinski definition) is 2. The molecular weight excluding hydrogens is 1660 g/mol. The molecule has 0 aliphatic carbocycles. The second-order valence-electron chi connectivity index (χ2n) is 29.0. The van der Waals surface area contributed by atoms with Crippen LogP contribution in [0.3, 0.4) is 0 Å². The number of aryl methyl sites for hydroxylation is 2. The molecule has 6 unspecified atom stereocenters. The van der Waals surface area contributed by atoms with Gasteiger partial charge in [0.1, 0.15) is 85.8 Å². The standard InChI is InChI=1S/C39H48F2N9O7PSSi.C32H32F2N9O8PS.C2H6.2H2S/c1-7-25-31-27(40)37(54-25)49-21-46-29-24(42-19-43-33(29)49)16-12-9-13-17-48(36(51)23-14-10-8-11-15-23)34-30-35(45-20-44-34)50(22-47-30)38-28(41)32(57-60(5,6)39(2,3)4)26(55-38)18-53-58(52,59)56-31;33-21-25(45)20-12-48-52(47,53)51-26-19(11-44)49-32(22(26)34)42-15-39-23-18(35-13-36-27(23)42)9-5-2-6-10-41(30(46)17-7-3-1-4-8-17)28-24-29(38-14-37-28)43(16-40-24)31(21)50-20;1-2;;/h8-11,13-15,19-22,25-28,31-32,37-38H,7,12,16-18H2,1-6H3,(H,52,59);1-4,6-8,13-16,19-22,25-26,31-32,44-45H,5,9-12H2,(H,47,53);1-2H3;2*1H2/p-2/b13-9+;6-2+;;;/t25-,26-,27-,28-,31-,32-,37?,38?,58?;19-,20-,21-,22-,25-,26-,31?,32?,52?;;;/m11.../s1. The van der Waals surface area contributed by atoms with Crippen LogP contribution in [0.1, 0.15) is 118 Å². The maximum absolute atomic E-state index is 17.1. The van der Waals surface area contributed by atoms with Crippen molar-refractivity contribution >= 4 is 141 Å². The maximum Gasteiger partial charge on any atom is 0.259 e. The van der Waals surface area contributed by atoms with E-state index in [1.54, 1.807) is 67.6 Å². The number of hydrogen-bond acceptors (Lipinski definition) is 29. The quantitative estimate of drug-likeness (QED) is 0.0513. The molecule has 18 atom stereocenters. The van der Waals surface area contributed by atoms with Crippen molar-refractivity contribution in [2.24, 2.45) is 0 Å². The van der Waals surface area contributed by atoms with Gasteiger partial charge in [0, 0.05) is 24.2 Å². The van der Waals surface area contributed by atoms with Gasteiger partial charge in [-0.25, -0.2) is 77.4 Å². The number of carbonyl (C=O) groups is 2. The number of alkyl halides is 4. The number of halogens is 4. The van der Waals surface area contributed by atoms with Crippen molar-refractivity contribution in [1.82, 2.24) is 78.1 Å². The Balaban J connectivity index is 0.000000209. The third kappa shape index (κ3) is 18.1. The number of amides is 2. The molecule has 2 amide bonds. The van der Waals surface area contributed by atoms with Crippen molar-refractivity contribution in [2.75, 3.05) is 42.7 Å². The predicted molar refractivity (Wildman–Crippen MR) is 436 cm³/mol. The van der Waals surface area contributed by atoms with Crippen LogP contribution in [-0.2, 0) is 82.9 Å². The fourth-order valence-corrected chi connectivity index (χ4v) is 18.2. The van der Waals surface area contributed by atoms with Crippen LogP contribution in [0.5, 0.6) is 0 Å². The molecule has 14 heterocycles. The van der Waals surface area contributed by atoms with E-state index in [1.807, 2.05) is 72.0 Å². The molecule has 6 aliphatic rings. The third-order valence-corrected chi connectivity index (χ3v) is 28.5. The van der Waals surface area contributed by atoms with E-state index in [9.17, 15) is 29.3 Å². The normalized spacial score (nSPS) is 29.8. The number of ether oxygens (including phenoxy) is 4. The minimum absolute atomic E-state index is 0. The highest BCUT2D eigenvalue weighted by molar-refractivity contribution is 8.32. The number of anilines is 2. The van der Waals surface area contributed by atoms with Gasteiger partial charge < -0.3 is 68.8 Å². The average Bonchev–Trinajstić information content (AvgIpc) is 1.62. The second-order valence-corrected chi connectivity index (χ2v) is 39.2. The zero-order valence-corrected chi connectivity index (χ0v) is 70.9. The summed E-state index contributed by atoms with van der Waals surface area (Å²) in [5.41, 5.74) is 4.09. The first-order valence-corrected chi connectivity index (χ1v) is 45.4. The van der Waals surface area contributed by atoms with Crippen LogP contribution >= 0.6 is 40.5 Å². The molecule has 16 rings (SSSR count). The summed E-state index contributed by atoms with van der Waals surface area (Å²) in [6, 6.07) is 17.3. The number of carbonyl (C=O) groups excluding carboxylic acids is 2. The summed E-state index contributed by atoms with van der Waals surface area (Å²) in [6.45, 7) is 5.01. The van der Waals surface area contributed by atoms with Gasteiger partial charge in [0.25, 0.3) is 11.8 Å². The molecule has 4 saturated heterocycles. The minimum atomic E-state index is -4.56. The zero-order chi connectivity index (χ0) is 81.4. The van der Waals surface area contributed by atoms with E-state index >= 15 is 17.6 Å². The number of aromatic nitrogens is 16. The van der Waals surface area contributed by atoms with Crippen LogP contribution in [0, 0.1) is 0 Å². The molecule has 2 N–H and O–H groups in total. The maximum atomic E-state index is 17.1. The van der Waals surface area contributed by atoms with Crippen LogP contribution in [0.25, 0.3) is 44.7 Å².